The maximum Gasteiger partial charge on any atom is 0.340 e. The van der Waals surface area contributed by atoms with E-state index in [4.69, 9.17) is 4.74 Å². The quantitative estimate of drug-likeness (QED) is 0.603. The van der Waals surface area contributed by atoms with Crippen LogP contribution in [0.25, 0.3) is 0 Å². The van der Waals surface area contributed by atoms with Crippen LogP contribution in [0.3, 0.4) is 0 Å². The van der Waals surface area contributed by atoms with Gasteiger partial charge >= 0.3 is 5.97 Å². The first-order chi connectivity index (χ1) is 7.33. The van der Waals surface area contributed by atoms with Crippen molar-refractivity contribution < 1.29 is 9.53 Å². The number of allylic oxidation sites excluding steroid dienone is 1. The van der Waals surface area contributed by atoms with E-state index in [1.807, 2.05) is 37.3 Å². The normalized spacial score (nSPS) is 19.3. The number of ether oxygens (including phenoxy) is 1. The Bertz CT molecular complexity index is 398. The Labute approximate surface area is 88.8 Å². The lowest BCUT2D eigenvalue weighted by atomic mass is 10.1. The molecule has 0 radical (unpaired) electrons. The molecule has 1 aromatic rings. The highest BCUT2D eigenvalue weighted by atomic mass is 16.6. The van der Waals surface area contributed by atoms with Crippen LogP contribution in [0.1, 0.15) is 29.1 Å². The third kappa shape index (κ3) is 1.92. The first-order valence-corrected chi connectivity index (χ1v) is 4.97. The number of cyclic esters (lactones) is 1. The molecule has 1 atom stereocenters. The monoisotopic (exact) mass is 203 g/mol. The summed E-state index contributed by atoms with van der Waals surface area (Å²) in [5, 5.41) is 3.14. The minimum Gasteiger partial charge on any atom is -0.439 e. The number of hydrogen-bond donors (Lipinski definition) is 1. The molecule has 3 heteroatoms. The molecule has 1 aromatic carbocycles. The van der Waals surface area contributed by atoms with Crippen molar-refractivity contribution in [3.63, 3.8) is 0 Å². The molecule has 1 aliphatic rings. The van der Waals surface area contributed by atoms with Gasteiger partial charge in [0.05, 0.1) is 5.56 Å². The van der Waals surface area contributed by atoms with Gasteiger partial charge in [0.25, 0.3) is 0 Å². The van der Waals surface area contributed by atoms with Crippen LogP contribution in [-0.2, 0) is 4.74 Å². The Morgan fingerprint density at radius 2 is 2.27 bits per heavy atom. The molecule has 1 unspecified atom stereocenters. The minimum atomic E-state index is -0.301. The maximum absolute atomic E-state index is 11.4. The highest BCUT2D eigenvalue weighted by molar-refractivity contribution is 5.93. The first-order valence-electron chi connectivity index (χ1n) is 4.97. The summed E-state index contributed by atoms with van der Waals surface area (Å²) in [6.07, 6.45) is 3.63. The molecule has 78 valence electrons. The molecule has 0 aliphatic carbocycles. The largest absolute Gasteiger partial charge is 0.439 e. The third-order valence-corrected chi connectivity index (χ3v) is 2.34. The molecule has 0 aromatic heterocycles. The Balaban J connectivity index is 2.14. The van der Waals surface area contributed by atoms with Crippen molar-refractivity contribution in [2.75, 3.05) is 6.54 Å². The fourth-order valence-electron chi connectivity index (χ4n) is 1.59. The van der Waals surface area contributed by atoms with Gasteiger partial charge in [0.2, 0.25) is 0 Å². The van der Waals surface area contributed by atoms with E-state index in [0.717, 1.165) is 5.56 Å². The smallest absolute Gasteiger partial charge is 0.340 e. The number of esters is 1. The minimum absolute atomic E-state index is 0.247. The van der Waals surface area contributed by atoms with Gasteiger partial charge in [0.15, 0.2) is 6.23 Å². The van der Waals surface area contributed by atoms with Crippen LogP contribution >= 0.6 is 0 Å². The molecule has 0 amide bonds. The third-order valence-electron chi connectivity index (χ3n) is 2.34. The van der Waals surface area contributed by atoms with E-state index in [-0.39, 0.29) is 12.2 Å². The topological polar surface area (TPSA) is 38.3 Å². The van der Waals surface area contributed by atoms with E-state index in [2.05, 4.69) is 5.32 Å². The van der Waals surface area contributed by atoms with E-state index < -0.39 is 0 Å². The molecule has 0 spiro atoms. The van der Waals surface area contributed by atoms with Gasteiger partial charge in [0.1, 0.15) is 0 Å². The van der Waals surface area contributed by atoms with E-state index in [9.17, 15) is 4.79 Å². The van der Waals surface area contributed by atoms with E-state index >= 15 is 0 Å². The number of rotatable bonds is 3. The van der Waals surface area contributed by atoms with Crippen molar-refractivity contribution in [2.45, 2.75) is 13.2 Å². The second kappa shape index (κ2) is 4.28. The summed E-state index contributed by atoms with van der Waals surface area (Å²) in [5.74, 6) is -0.247. The zero-order valence-corrected chi connectivity index (χ0v) is 8.57. The summed E-state index contributed by atoms with van der Waals surface area (Å²) >= 11 is 0. The van der Waals surface area contributed by atoms with Gasteiger partial charge in [0, 0.05) is 12.1 Å². The zero-order valence-electron chi connectivity index (χ0n) is 8.57. The second-order valence-electron chi connectivity index (χ2n) is 3.35. The van der Waals surface area contributed by atoms with Crippen LogP contribution in [-0.4, -0.2) is 12.5 Å². The van der Waals surface area contributed by atoms with Gasteiger partial charge in [-0.2, -0.15) is 0 Å². The molecule has 1 heterocycles. The van der Waals surface area contributed by atoms with Crippen LogP contribution in [0.2, 0.25) is 0 Å². The summed E-state index contributed by atoms with van der Waals surface area (Å²) in [7, 11) is 0. The van der Waals surface area contributed by atoms with Crippen LogP contribution < -0.4 is 5.32 Å². The second-order valence-corrected chi connectivity index (χ2v) is 3.35. The van der Waals surface area contributed by atoms with E-state index in [0.29, 0.717) is 12.1 Å². The lowest BCUT2D eigenvalue weighted by Crippen LogP contribution is -2.21. The maximum atomic E-state index is 11.4. The van der Waals surface area contributed by atoms with Crippen LogP contribution in [0.4, 0.5) is 0 Å². The predicted molar refractivity (Wildman–Crippen MR) is 57.4 cm³/mol. The Morgan fingerprint density at radius 1 is 1.47 bits per heavy atom. The average molecular weight is 203 g/mol. The molecule has 1 N–H and O–H groups in total. The fourth-order valence-corrected chi connectivity index (χ4v) is 1.59. The molecular formula is C12H13NO2. The molecule has 3 nitrogen and oxygen atoms in total. The molecule has 15 heavy (non-hydrogen) atoms. The van der Waals surface area contributed by atoms with Crippen molar-refractivity contribution in [2.24, 2.45) is 0 Å². The molecule has 0 saturated carbocycles. The number of fused-ring (bicyclic) bond motifs is 1. The van der Waals surface area contributed by atoms with Crippen molar-refractivity contribution in [1.29, 1.82) is 0 Å². The fraction of sp³-hybridized carbons (Fsp3) is 0.250. The number of benzene rings is 1. The molecule has 0 saturated heterocycles. The SMILES string of the molecule is CC=CCNC1OC(=O)c2ccccc21. The van der Waals surface area contributed by atoms with Crippen LogP contribution in [0, 0.1) is 0 Å². The summed E-state index contributed by atoms with van der Waals surface area (Å²) in [6.45, 7) is 2.65. The number of carbonyl (C=O) groups is 1. The number of nitrogens with one attached hydrogen (secondary N) is 1. The lowest BCUT2D eigenvalue weighted by Gasteiger charge is -2.10. The van der Waals surface area contributed by atoms with Gasteiger partial charge in [-0.25, -0.2) is 4.79 Å². The summed E-state index contributed by atoms with van der Waals surface area (Å²) in [5.41, 5.74) is 1.59. The highest BCUT2D eigenvalue weighted by Gasteiger charge is 2.29. The van der Waals surface area contributed by atoms with Gasteiger partial charge in [-0.15, -0.1) is 0 Å². The van der Waals surface area contributed by atoms with Gasteiger partial charge in [-0.05, 0) is 13.0 Å². The zero-order chi connectivity index (χ0) is 10.7. The number of carbonyl (C=O) groups excluding carboxylic acids is 1. The molecular weight excluding hydrogens is 190 g/mol. The van der Waals surface area contributed by atoms with Crippen molar-refractivity contribution in [3.8, 4) is 0 Å². The first kappa shape index (κ1) is 9.93. The van der Waals surface area contributed by atoms with Crippen LogP contribution in [0.15, 0.2) is 36.4 Å². The van der Waals surface area contributed by atoms with Gasteiger partial charge in [-0.1, -0.05) is 30.4 Å². The van der Waals surface area contributed by atoms with Crippen LogP contribution in [0.5, 0.6) is 0 Å². The van der Waals surface area contributed by atoms with Crippen molar-refractivity contribution in [1.82, 2.24) is 5.32 Å². The van der Waals surface area contributed by atoms with Crippen molar-refractivity contribution in [3.05, 3.63) is 47.5 Å². The van der Waals surface area contributed by atoms with Gasteiger partial charge < -0.3 is 4.74 Å². The molecule has 0 fully saturated rings. The lowest BCUT2D eigenvalue weighted by molar-refractivity contribution is 0.0318. The summed E-state index contributed by atoms with van der Waals surface area (Å²) in [6, 6.07) is 7.45. The van der Waals surface area contributed by atoms with E-state index in [1.165, 1.54) is 0 Å². The number of hydrogen-bond acceptors (Lipinski definition) is 3. The van der Waals surface area contributed by atoms with Gasteiger partial charge in [-0.3, -0.25) is 5.32 Å². The highest BCUT2D eigenvalue weighted by Crippen LogP contribution is 2.27. The summed E-state index contributed by atoms with van der Waals surface area (Å²) in [4.78, 5) is 11.4. The molecule has 0 bridgehead atoms. The average Bonchev–Trinajstić information content (AvgIpc) is 2.58. The Hall–Kier alpha value is -1.61. The predicted octanol–water partition coefficient (Wildman–Crippen LogP) is 2.02. The standard InChI is InChI=1S/C12H13NO2/c1-2-3-8-13-11-9-6-4-5-7-10(9)12(14)15-11/h2-7,11,13H,8H2,1H3. The molecule has 2 rings (SSSR count). The van der Waals surface area contributed by atoms with Crippen molar-refractivity contribution >= 4 is 5.97 Å². The van der Waals surface area contributed by atoms with E-state index in [1.54, 1.807) is 6.07 Å². The molecule has 1 aliphatic heterocycles. The summed E-state index contributed by atoms with van der Waals surface area (Å²) < 4.78 is 5.19. The Morgan fingerprint density at radius 3 is 3.07 bits per heavy atom. The Kier molecular flexibility index (Phi) is 2.83.